The Morgan fingerprint density at radius 2 is 2.00 bits per heavy atom. The van der Waals surface area contributed by atoms with E-state index in [2.05, 4.69) is 5.32 Å². The Morgan fingerprint density at radius 3 is 2.56 bits per heavy atom. The summed E-state index contributed by atoms with van der Waals surface area (Å²) < 4.78 is 15.3. The summed E-state index contributed by atoms with van der Waals surface area (Å²) in [4.78, 5) is 24.9. The van der Waals surface area contributed by atoms with Gasteiger partial charge in [0, 0.05) is 5.56 Å². The van der Waals surface area contributed by atoms with Crippen molar-refractivity contribution in [3.63, 3.8) is 0 Å². The molecule has 0 radical (unpaired) electrons. The number of carbonyl (C=O) groups excluding carboxylic acids is 2. The molecule has 0 aliphatic rings. The van der Waals surface area contributed by atoms with Crippen molar-refractivity contribution in [2.24, 2.45) is 0 Å². The lowest BCUT2D eigenvalue weighted by Crippen LogP contribution is -2.12. The van der Waals surface area contributed by atoms with E-state index in [-0.39, 0.29) is 32.6 Å². The number of hydrogen-bond acceptors (Lipinski definition) is 7. The van der Waals surface area contributed by atoms with E-state index in [0.717, 1.165) is 11.3 Å². The first-order chi connectivity index (χ1) is 12.9. The lowest BCUT2D eigenvalue weighted by Gasteiger charge is -2.11. The van der Waals surface area contributed by atoms with Gasteiger partial charge in [0.15, 0.2) is 11.5 Å². The Bertz CT molecular complexity index is 933. The third-order valence-corrected chi connectivity index (χ3v) is 5.11. The molecule has 7 nitrogen and oxygen atoms in total. The Hall–Kier alpha value is -2.76. The number of carbonyl (C=O) groups is 2. The average molecular weight is 409 g/mol. The number of hydrogen-bond donors (Lipinski definition) is 1. The smallest absolute Gasteiger partial charge is 0.348 e. The fourth-order valence-electron chi connectivity index (χ4n) is 2.35. The zero-order valence-corrected chi connectivity index (χ0v) is 16.7. The lowest BCUT2D eigenvalue weighted by molar-refractivity contribution is 0.0531. The van der Waals surface area contributed by atoms with Gasteiger partial charge in [-0.1, -0.05) is 11.6 Å². The summed E-state index contributed by atoms with van der Waals surface area (Å²) >= 11 is 7.11. The highest BCUT2D eigenvalue weighted by molar-refractivity contribution is 7.18. The summed E-state index contributed by atoms with van der Waals surface area (Å²) in [6, 6.07) is 4.91. The van der Waals surface area contributed by atoms with Gasteiger partial charge >= 0.3 is 5.97 Å². The third-order valence-electron chi connectivity index (χ3n) is 3.64. The fourth-order valence-corrected chi connectivity index (χ4v) is 3.69. The molecule has 0 spiro atoms. The first-order valence-electron chi connectivity index (χ1n) is 7.81. The minimum absolute atomic E-state index is 0.206. The molecule has 2 aromatic rings. The van der Waals surface area contributed by atoms with E-state index in [9.17, 15) is 14.9 Å². The highest BCUT2D eigenvalue weighted by Gasteiger charge is 2.23. The molecule has 0 unspecified atom stereocenters. The third kappa shape index (κ3) is 4.15. The summed E-state index contributed by atoms with van der Waals surface area (Å²) in [5.41, 5.74) is 0.884. The number of benzene rings is 1. The van der Waals surface area contributed by atoms with E-state index in [0.29, 0.717) is 17.1 Å². The van der Waals surface area contributed by atoms with Gasteiger partial charge in [0.2, 0.25) is 0 Å². The van der Waals surface area contributed by atoms with E-state index in [1.165, 1.54) is 26.4 Å². The van der Waals surface area contributed by atoms with Crippen LogP contribution in [0.25, 0.3) is 0 Å². The predicted octanol–water partition coefficient (Wildman–Crippen LogP) is 4.03. The summed E-state index contributed by atoms with van der Waals surface area (Å²) in [6.45, 7) is 3.53. The summed E-state index contributed by atoms with van der Waals surface area (Å²) in [5.74, 6) is -0.438. The molecule has 0 saturated heterocycles. The van der Waals surface area contributed by atoms with Crippen LogP contribution in [-0.4, -0.2) is 32.7 Å². The molecule has 0 aliphatic heterocycles. The molecule has 0 atom stereocenters. The number of rotatable bonds is 6. The number of methoxy groups -OCH3 is 2. The number of esters is 1. The van der Waals surface area contributed by atoms with Crippen LogP contribution in [0.3, 0.4) is 0 Å². The summed E-state index contributed by atoms with van der Waals surface area (Å²) in [5, 5.41) is 12.5. The molecule has 1 amide bonds. The molecule has 0 bridgehead atoms. The van der Waals surface area contributed by atoms with Gasteiger partial charge in [-0.3, -0.25) is 4.79 Å². The van der Waals surface area contributed by atoms with E-state index in [4.69, 9.17) is 25.8 Å². The lowest BCUT2D eigenvalue weighted by atomic mass is 10.1. The molecule has 0 aliphatic carbocycles. The minimum atomic E-state index is -0.536. The molecule has 9 heteroatoms. The second-order valence-corrected chi connectivity index (χ2v) is 6.67. The molecular formula is C18H17ClN2O5S. The van der Waals surface area contributed by atoms with Gasteiger partial charge in [0.05, 0.1) is 31.4 Å². The van der Waals surface area contributed by atoms with Crippen LogP contribution in [0, 0.1) is 18.3 Å². The molecule has 27 heavy (non-hydrogen) atoms. The van der Waals surface area contributed by atoms with Crippen LogP contribution in [0.5, 0.6) is 11.5 Å². The van der Waals surface area contributed by atoms with Crippen molar-refractivity contribution in [3.8, 4) is 17.6 Å². The summed E-state index contributed by atoms with van der Waals surface area (Å²) in [6.07, 6.45) is 0. The topological polar surface area (TPSA) is 97.7 Å². The quantitative estimate of drug-likeness (QED) is 0.724. The van der Waals surface area contributed by atoms with Crippen molar-refractivity contribution in [2.45, 2.75) is 13.8 Å². The predicted molar refractivity (Wildman–Crippen MR) is 102 cm³/mol. The highest BCUT2D eigenvalue weighted by atomic mass is 35.5. The van der Waals surface area contributed by atoms with Crippen LogP contribution in [0.4, 0.5) is 5.00 Å². The van der Waals surface area contributed by atoms with Crippen molar-refractivity contribution in [1.29, 1.82) is 5.26 Å². The van der Waals surface area contributed by atoms with Crippen molar-refractivity contribution in [3.05, 3.63) is 38.7 Å². The van der Waals surface area contributed by atoms with Crippen LogP contribution in [0.2, 0.25) is 5.02 Å². The Kier molecular flexibility index (Phi) is 6.66. The first kappa shape index (κ1) is 20.6. The number of ether oxygens (including phenoxy) is 3. The maximum absolute atomic E-state index is 12.6. The van der Waals surface area contributed by atoms with Crippen LogP contribution in [0.1, 0.15) is 38.1 Å². The normalized spacial score (nSPS) is 10.1. The fraction of sp³-hybridized carbons (Fsp3) is 0.278. The molecule has 0 saturated carbocycles. The molecule has 1 N–H and O–H groups in total. The highest BCUT2D eigenvalue weighted by Crippen LogP contribution is 2.37. The Labute approximate surface area is 165 Å². The monoisotopic (exact) mass is 408 g/mol. The van der Waals surface area contributed by atoms with Gasteiger partial charge in [0.25, 0.3) is 5.91 Å². The van der Waals surface area contributed by atoms with Crippen LogP contribution in [0.15, 0.2) is 12.1 Å². The number of halogens is 1. The SMILES string of the molecule is CCOC(=O)c1sc(NC(=O)c2cc(Cl)c(OC)c(OC)c2)c(C#N)c1C. The molecule has 2 rings (SSSR count). The number of nitriles is 1. The van der Waals surface area contributed by atoms with Crippen molar-refractivity contribution in [2.75, 3.05) is 26.1 Å². The van der Waals surface area contributed by atoms with Gasteiger partial charge in [-0.15, -0.1) is 11.3 Å². The van der Waals surface area contributed by atoms with Crippen molar-refractivity contribution >= 4 is 39.8 Å². The number of thiophene rings is 1. The van der Waals surface area contributed by atoms with Gasteiger partial charge in [-0.2, -0.15) is 5.26 Å². The molecule has 142 valence electrons. The number of nitrogens with zero attached hydrogens (tertiary/aromatic N) is 1. The Morgan fingerprint density at radius 1 is 1.30 bits per heavy atom. The van der Waals surface area contributed by atoms with Crippen LogP contribution >= 0.6 is 22.9 Å². The standard InChI is InChI=1S/C18H17ClN2O5S/c1-5-26-18(23)15-9(2)11(8-20)17(27-15)21-16(22)10-6-12(19)14(25-4)13(7-10)24-3/h6-7H,5H2,1-4H3,(H,21,22). The van der Waals surface area contributed by atoms with E-state index >= 15 is 0 Å². The van der Waals surface area contributed by atoms with Gasteiger partial charge < -0.3 is 19.5 Å². The van der Waals surface area contributed by atoms with Gasteiger partial charge in [-0.25, -0.2) is 4.79 Å². The number of anilines is 1. The second-order valence-electron chi connectivity index (χ2n) is 5.24. The minimum Gasteiger partial charge on any atom is -0.493 e. The zero-order chi connectivity index (χ0) is 20.1. The van der Waals surface area contributed by atoms with Gasteiger partial charge in [-0.05, 0) is 31.5 Å². The first-order valence-corrected chi connectivity index (χ1v) is 9.00. The van der Waals surface area contributed by atoms with E-state index in [1.54, 1.807) is 13.8 Å². The maximum atomic E-state index is 12.6. The number of amides is 1. The maximum Gasteiger partial charge on any atom is 0.348 e. The zero-order valence-electron chi connectivity index (χ0n) is 15.1. The average Bonchev–Trinajstić information content (AvgIpc) is 2.96. The van der Waals surface area contributed by atoms with Crippen LogP contribution < -0.4 is 14.8 Å². The van der Waals surface area contributed by atoms with E-state index < -0.39 is 11.9 Å². The van der Waals surface area contributed by atoms with Gasteiger partial charge in [0.1, 0.15) is 15.9 Å². The molecule has 1 aromatic carbocycles. The second kappa shape index (κ2) is 8.75. The summed E-state index contributed by atoms with van der Waals surface area (Å²) in [7, 11) is 2.87. The van der Waals surface area contributed by atoms with Crippen molar-refractivity contribution < 1.29 is 23.8 Å². The number of nitrogens with one attached hydrogen (secondary N) is 1. The molecule has 0 fully saturated rings. The molecule has 1 heterocycles. The largest absolute Gasteiger partial charge is 0.493 e. The van der Waals surface area contributed by atoms with Crippen LogP contribution in [-0.2, 0) is 4.74 Å². The molecular weight excluding hydrogens is 392 g/mol. The van der Waals surface area contributed by atoms with E-state index in [1.807, 2.05) is 6.07 Å². The molecule has 1 aromatic heterocycles. The Balaban J connectivity index is 2.39. The van der Waals surface area contributed by atoms with Crippen molar-refractivity contribution in [1.82, 2.24) is 0 Å².